The fourth-order valence-corrected chi connectivity index (χ4v) is 5.71. The van der Waals surface area contributed by atoms with Gasteiger partial charge in [-0.1, -0.05) is 12.1 Å². The lowest BCUT2D eigenvalue weighted by Gasteiger charge is -2.59. The van der Waals surface area contributed by atoms with Crippen LogP contribution in [0, 0.1) is 35.9 Å². The SMILES string of the molecule is Cc1ccc(C(N)C23CC4CC(CC(C4)C2)C3)cc1F. The van der Waals surface area contributed by atoms with Gasteiger partial charge in [0.1, 0.15) is 5.82 Å². The largest absolute Gasteiger partial charge is 0.323 e. The van der Waals surface area contributed by atoms with Crippen LogP contribution in [-0.4, -0.2) is 0 Å². The third kappa shape index (κ3) is 1.84. The maximum Gasteiger partial charge on any atom is 0.126 e. The van der Waals surface area contributed by atoms with Crippen LogP contribution >= 0.6 is 0 Å². The Hall–Kier alpha value is -0.890. The molecule has 4 fully saturated rings. The lowest BCUT2D eigenvalue weighted by molar-refractivity contribution is -0.0678. The van der Waals surface area contributed by atoms with Crippen molar-refractivity contribution in [3.05, 3.63) is 35.1 Å². The summed E-state index contributed by atoms with van der Waals surface area (Å²) in [4.78, 5) is 0. The predicted octanol–water partition coefficient (Wildman–Crippen LogP) is 4.35. The molecule has 0 amide bonds. The van der Waals surface area contributed by atoms with Gasteiger partial charge < -0.3 is 5.73 Å². The summed E-state index contributed by atoms with van der Waals surface area (Å²) in [6, 6.07) is 5.62. The number of rotatable bonds is 2. The zero-order valence-electron chi connectivity index (χ0n) is 12.2. The Kier molecular flexibility index (Phi) is 2.76. The fraction of sp³-hybridized carbons (Fsp3) is 0.667. The molecule has 1 unspecified atom stereocenters. The van der Waals surface area contributed by atoms with Crippen LogP contribution in [0.2, 0.25) is 0 Å². The Balaban J connectivity index is 1.67. The minimum Gasteiger partial charge on any atom is -0.323 e. The van der Waals surface area contributed by atoms with Crippen molar-refractivity contribution in [2.24, 2.45) is 28.9 Å². The fourth-order valence-electron chi connectivity index (χ4n) is 5.71. The van der Waals surface area contributed by atoms with Gasteiger partial charge in [0.15, 0.2) is 0 Å². The van der Waals surface area contributed by atoms with Crippen molar-refractivity contribution in [2.75, 3.05) is 0 Å². The van der Waals surface area contributed by atoms with E-state index < -0.39 is 0 Å². The highest BCUT2D eigenvalue weighted by Gasteiger charge is 2.53. The van der Waals surface area contributed by atoms with Crippen molar-refractivity contribution in [2.45, 2.75) is 51.5 Å². The van der Waals surface area contributed by atoms with E-state index in [9.17, 15) is 4.39 Å². The van der Waals surface area contributed by atoms with Crippen molar-refractivity contribution in [1.82, 2.24) is 0 Å². The average Bonchev–Trinajstić information content (AvgIpc) is 2.39. The Bertz CT molecular complexity index is 501. The molecule has 4 aliphatic rings. The predicted molar refractivity (Wildman–Crippen MR) is 78.7 cm³/mol. The Morgan fingerprint density at radius 2 is 1.65 bits per heavy atom. The molecule has 2 heteroatoms. The van der Waals surface area contributed by atoms with Gasteiger partial charge in [-0.25, -0.2) is 4.39 Å². The van der Waals surface area contributed by atoms with E-state index in [4.69, 9.17) is 5.73 Å². The third-order valence-corrected chi connectivity index (χ3v) is 6.30. The molecule has 1 aromatic rings. The second kappa shape index (κ2) is 4.30. The van der Waals surface area contributed by atoms with Crippen LogP contribution in [0.15, 0.2) is 18.2 Å². The molecule has 1 atom stereocenters. The summed E-state index contributed by atoms with van der Waals surface area (Å²) in [5.74, 6) is 2.57. The topological polar surface area (TPSA) is 26.0 Å². The molecule has 5 rings (SSSR count). The Morgan fingerprint density at radius 3 is 2.15 bits per heavy atom. The monoisotopic (exact) mass is 273 g/mol. The van der Waals surface area contributed by atoms with Gasteiger partial charge in [0.05, 0.1) is 0 Å². The number of aryl methyl sites for hydroxylation is 1. The first-order chi connectivity index (χ1) is 9.56. The second-order valence-corrected chi connectivity index (χ2v) is 7.77. The maximum absolute atomic E-state index is 13.9. The van der Waals surface area contributed by atoms with E-state index in [1.165, 1.54) is 38.5 Å². The van der Waals surface area contributed by atoms with E-state index in [1.54, 1.807) is 6.07 Å². The minimum atomic E-state index is -0.109. The van der Waals surface area contributed by atoms with E-state index in [0.717, 1.165) is 23.3 Å². The number of hydrogen-bond donors (Lipinski definition) is 1. The van der Waals surface area contributed by atoms with Gasteiger partial charge in [-0.05, 0) is 85.8 Å². The van der Waals surface area contributed by atoms with Crippen molar-refractivity contribution < 1.29 is 4.39 Å². The summed E-state index contributed by atoms with van der Waals surface area (Å²) >= 11 is 0. The van der Waals surface area contributed by atoms with Crippen LogP contribution in [-0.2, 0) is 0 Å². The highest BCUT2D eigenvalue weighted by atomic mass is 19.1. The van der Waals surface area contributed by atoms with E-state index in [1.807, 2.05) is 19.1 Å². The summed E-state index contributed by atoms with van der Waals surface area (Å²) in [6.07, 6.45) is 8.09. The summed E-state index contributed by atoms with van der Waals surface area (Å²) in [5, 5.41) is 0. The molecule has 4 aliphatic carbocycles. The summed E-state index contributed by atoms with van der Waals surface area (Å²) < 4.78 is 13.9. The number of benzene rings is 1. The van der Waals surface area contributed by atoms with Crippen LogP contribution in [0.1, 0.15) is 55.7 Å². The lowest BCUT2D eigenvalue weighted by Crippen LogP contribution is -2.50. The summed E-state index contributed by atoms with van der Waals surface area (Å²) in [5.41, 5.74) is 8.63. The molecule has 0 spiro atoms. The Labute approximate surface area is 120 Å². The molecule has 0 heterocycles. The van der Waals surface area contributed by atoms with Crippen LogP contribution < -0.4 is 5.73 Å². The molecule has 0 aromatic heterocycles. The maximum atomic E-state index is 13.9. The van der Waals surface area contributed by atoms with Crippen LogP contribution in [0.3, 0.4) is 0 Å². The van der Waals surface area contributed by atoms with Crippen molar-refractivity contribution in [3.8, 4) is 0 Å². The van der Waals surface area contributed by atoms with Crippen molar-refractivity contribution >= 4 is 0 Å². The van der Waals surface area contributed by atoms with Crippen LogP contribution in [0.4, 0.5) is 4.39 Å². The van der Waals surface area contributed by atoms with Gasteiger partial charge in [0.25, 0.3) is 0 Å². The normalized spacial score (nSPS) is 40.0. The van der Waals surface area contributed by atoms with Gasteiger partial charge in [-0.3, -0.25) is 0 Å². The molecule has 1 aromatic carbocycles. The minimum absolute atomic E-state index is 0.0194. The van der Waals surface area contributed by atoms with E-state index >= 15 is 0 Å². The van der Waals surface area contributed by atoms with Gasteiger partial charge in [0, 0.05) is 6.04 Å². The van der Waals surface area contributed by atoms with E-state index in [-0.39, 0.29) is 17.3 Å². The van der Waals surface area contributed by atoms with Gasteiger partial charge in [0.2, 0.25) is 0 Å². The zero-order valence-corrected chi connectivity index (χ0v) is 12.2. The molecular formula is C18H24FN. The van der Waals surface area contributed by atoms with Gasteiger partial charge >= 0.3 is 0 Å². The molecule has 20 heavy (non-hydrogen) atoms. The van der Waals surface area contributed by atoms with Crippen LogP contribution in [0.25, 0.3) is 0 Å². The highest BCUT2D eigenvalue weighted by molar-refractivity contribution is 5.28. The molecule has 108 valence electrons. The van der Waals surface area contributed by atoms with Gasteiger partial charge in [-0.15, -0.1) is 0 Å². The number of hydrogen-bond acceptors (Lipinski definition) is 1. The second-order valence-electron chi connectivity index (χ2n) is 7.77. The average molecular weight is 273 g/mol. The highest BCUT2D eigenvalue weighted by Crippen LogP contribution is 2.63. The smallest absolute Gasteiger partial charge is 0.126 e. The lowest BCUT2D eigenvalue weighted by atomic mass is 9.47. The summed E-state index contributed by atoms with van der Waals surface area (Å²) in [6.45, 7) is 1.81. The van der Waals surface area contributed by atoms with Crippen molar-refractivity contribution in [1.29, 1.82) is 0 Å². The van der Waals surface area contributed by atoms with Crippen molar-refractivity contribution in [3.63, 3.8) is 0 Å². The molecule has 0 aliphatic heterocycles. The van der Waals surface area contributed by atoms with Crippen LogP contribution in [0.5, 0.6) is 0 Å². The zero-order chi connectivity index (χ0) is 13.9. The third-order valence-electron chi connectivity index (χ3n) is 6.30. The molecule has 2 N–H and O–H groups in total. The number of nitrogens with two attached hydrogens (primary N) is 1. The molecular weight excluding hydrogens is 249 g/mol. The quantitative estimate of drug-likeness (QED) is 0.851. The van der Waals surface area contributed by atoms with E-state index in [0.29, 0.717) is 5.56 Å². The molecule has 1 nitrogen and oxygen atoms in total. The van der Waals surface area contributed by atoms with E-state index in [2.05, 4.69) is 0 Å². The first kappa shape index (κ1) is 12.8. The molecule has 4 bridgehead atoms. The Morgan fingerprint density at radius 1 is 1.10 bits per heavy atom. The first-order valence-electron chi connectivity index (χ1n) is 8.07. The van der Waals surface area contributed by atoms with Gasteiger partial charge in [-0.2, -0.15) is 0 Å². The standard InChI is InChI=1S/C18H24FN/c1-11-2-3-15(7-16(11)19)17(20)18-8-12-4-13(9-18)6-14(5-12)10-18/h2-3,7,12-14,17H,4-6,8-10,20H2,1H3. The molecule has 4 saturated carbocycles. The molecule has 0 radical (unpaired) electrons. The first-order valence-corrected chi connectivity index (χ1v) is 8.07. The summed E-state index contributed by atoms with van der Waals surface area (Å²) in [7, 11) is 0. The number of halogens is 1. The molecule has 0 saturated heterocycles.